The summed E-state index contributed by atoms with van der Waals surface area (Å²) in [5, 5.41) is 0. The molecular formula is C41H44Cl2Hf-2. The molecule has 0 unspecified atom stereocenters. The normalized spacial score (nSPS) is 11.3. The van der Waals surface area contributed by atoms with E-state index in [2.05, 4.69) is 140 Å². The van der Waals surface area contributed by atoms with Crippen molar-refractivity contribution in [2.75, 3.05) is 0 Å². The number of aryl methyl sites for hydroxylation is 2. The molecule has 0 amide bonds. The number of hydrogen-bond acceptors (Lipinski definition) is 0. The van der Waals surface area contributed by atoms with E-state index in [1.807, 2.05) is 30.3 Å². The first-order valence-corrected chi connectivity index (χ1v) is 16.7. The van der Waals surface area contributed by atoms with Gasteiger partial charge < -0.3 is 24.8 Å². The van der Waals surface area contributed by atoms with E-state index in [1.165, 1.54) is 58.9 Å². The van der Waals surface area contributed by atoms with Gasteiger partial charge in [-0.1, -0.05) is 65.3 Å². The summed E-state index contributed by atoms with van der Waals surface area (Å²) in [5.74, 6) is 0. The SMILES string of the molecule is CC(C)(C)c1[c-]c2c(cc1)-c1ccc(C(C)(C)C)cc1C2.Cc1ccc([C](=[Hf+2])c2ccc(C)cc2)cc1.[Cl-].[Cl-].c1cc[cH-]c1. The van der Waals surface area contributed by atoms with Crippen LogP contribution in [0.3, 0.4) is 0 Å². The minimum Gasteiger partial charge on any atom is -1.00 e. The third kappa shape index (κ3) is 10.0. The summed E-state index contributed by atoms with van der Waals surface area (Å²) in [5.41, 5.74) is 14.1. The van der Waals surface area contributed by atoms with Crippen molar-refractivity contribution in [2.24, 2.45) is 0 Å². The van der Waals surface area contributed by atoms with Gasteiger partial charge in [-0.05, 0) is 28.4 Å². The zero-order valence-corrected chi connectivity index (χ0v) is 32.5. The molecule has 0 radical (unpaired) electrons. The first-order valence-electron chi connectivity index (χ1n) is 14.9. The first-order chi connectivity index (χ1) is 19.8. The van der Waals surface area contributed by atoms with Crippen LogP contribution < -0.4 is 24.8 Å². The molecule has 0 saturated carbocycles. The molecule has 1 aliphatic rings. The van der Waals surface area contributed by atoms with Crippen molar-refractivity contribution in [1.82, 2.24) is 0 Å². The fourth-order valence-electron chi connectivity index (χ4n) is 4.96. The van der Waals surface area contributed by atoms with E-state index < -0.39 is 0 Å². The molecule has 0 heterocycles. The third-order valence-electron chi connectivity index (χ3n) is 7.70. The molecule has 0 spiro atoms. The molecule has 0 aromatic heterocycles. The van der Waals surface area contributed by atoms with Gasteiger partial charge in [-0.15, -0.1) is 11.1 Å². The van der Waals surface area contributed by atoms with Crippen molar-refractivity contribution in [2.45, 2.75) is 72.6 Å². The van der Waals surface area contributed by atoms with Gasteiger partial charge in [-0.25, -0.2) is 12.1 Å². The molecule has 0 aliphatic heterocycles. The van der Waals surface area contributed by atoms with Crippen LogP contribution in [0.15, 0.2) is 109 Å². The summed E-state index contributed by atoms with van der Waals surface area (Å²) in [4.78, 5) is 0. The van der Waals surface area contributed by atoms with Crippen LogP contribution in [0.1, 0.15) is 86.1 Å². The standard InChI is InChI=1S/C21H25.C15H14.C5H5.2ClH.Hf/c1-20(2,3)16-7-9-18-14(12-16)11-15-13-17(21(4,5)6)8-10-19(15)18;1-12-3-7-14(8-4-12)11-15-9-5-13(2)6-10-15;1-2-4-5-3-1;;;/h7-10,12H,11H2,1-6H3;3-10H,1-2H3;1-5H;2*1H;/q-1;;-1;;;+2/p-2. The molecule has 6 rings (SSSR count). The fourth-order valence-corrected chi connectivity index (χ4v) is 6.15. The molecule has 5 aromatic carbocycles. The van der Waals surface area contributed by atoms with Crippen molar-refractivity contribution < 1.29 is 48.7 Å². The molecule has 228 valence electrons. The Balaban J connectivity index is 0.000000260. The fraction of sp³-hybridized carbons (Fsp3) is 0.268. The molecule has 0 fully saturated rings. The molecule has 44 heavy (non-hydrogen) atoms. The topological polar surface area (TPSA) is 0 Å². The number of benzene rings is 4. The third-order valence-corrected chi connectivity index (χ3v) is 9.77. The van der Waals surface area contributed by atoms with Gasteiger partial charge in [0.2, 0.25) is 0 Å². The predicted molar refractivity (Wildman–Crippen MR) is 179 cm³/mol. The summed E-state index contributed by atoms with van der Waals surface area (Å²) >= 11 is 1.08. The van der Waals surface area contributed by atoms with Crippen LogP contribution in [-0.4, -0.2) is 3.26 Å². The van der Waals surface area contributed by atoms with Crippen LogP contribution in [0.2, 0.25) is 0 Å². The summed E-state index contributed by atoms with van der Waals surface area (Å²) in [6.07, 6.45) is 1.03. The molecule has 0 atom stereocenters. The van der Waals surface area contributed by atoms with Crippen molar-refractivity contribution in [3.63, 3.8) is 0 Å². The molecule has 0 saturated heterocycles. The van der Waals surface area contributed by atoms with Gasteiger partial charge in [0, 0.05) is 0 Å². The molecular weight excluding hydrogens is 742 g/mol. The Bertz CT molecular complexity index is 1490. The van der Waals surface area contributed by atoms with Crippen LogP contribution in [-0.2, 0) is 41.1 Å². The summed E-state index contributed by atoms with van der Waals surface area (Å²) in [7, 11) is 0. The quantitative estimate of drug-likeness (QED) is 0.180. The Labute approximate surface area is 293 Å². The smallest absolute Gasteiger partial charge is 0.172 e. The zero-order valence-electron chi connectivity index (χ0n) is 27.4. The minimum absolute atomic E-state index is 0. The van der Waals surface area contributed by atoms with Crippen LogP contribution in [0.25, 0.3) is 11.1 Å². The maximum atomic E-state index is 3.67. The first kappa shape index (κ1) is 37.7. The van der Waals surface area contributed by atoms with Gasteiger partial charge in [0.05, 0.1) is 0 Å². The molecule has 0 nitrogen and oxygen atoms in total. The minimum atomic E-state index is 0. The van der Waals surface area contributed by atoms with Crippen molar-refractivity contribution in [3.05, 3.63) is 160 Å². The number of hydrogen-bond donors (Lipinski definition) is 0. The summed E-state index contributed by atoms with van der Waals surface area (Å²) < 4.78 is 1.47. The van der Waals surface area contributed by atoms with E-state index in [9.17, 15) is 0 Å². The summed E-state index contributed by atoms with van der Waals surface area (Å²) in [6.45, 7) is 17.9. The van der Waals surface area contributed by atoms with E-state index in [4.69, 9.17) is 0 Å². The van der Waals surface area contributed by atoms with E-state index >= 15 is 0 Å². The average Bonchev–Trinajstić information content (AvgIpc) is 3.64. The van der Waals surface area contributed by atoms with Gasteiger partial charge >= 0.3 is 112 Å². The van der Waals surface area contributed by atoms with Crippen molar-refractivity contribution in [3.8, 4) is 11.1 Å². The van der Waals surface area contributed by atoms with Gasteiger partial charge in [0.1, 0.15) is 0 Å². The average molecular weight is 786 g/mol. The van der Waals surface area contributed by atoms with Crippen molar-refractivity contribution >= 4 is 3.26 Å². The van der Waals surface area contributed by atoms with E-state index in [0.717, 1.165) is 30.3 Å². The van der Waals surface area contributed by atoms with Crippen LogP contribution in [0.4, 0.5) is 0 Å². The van der Waals surface area contributed by atoms with Crippen LogP contribution in [0.5, 0.6) is 0 Å². The molecule has 0 N–H and O–H groups in total. The largest absolute Gasteiger partial charge is 1.00 e. The Hall–Kier alpha value is -2.45. The Morgan fingerprint density at radius 1 is 0.659 bits per heavy atom. The zero-order chi connectivity index (χ0) is 30.5. The van der Waals surface area contributed by atoms with Crippen LogP contribution >= 0.6 is 0 Å². The number of fused-ring (bicyclic) bond motifs is 3. The van der Waals surface area contributed by atoms with Gasteiger partial charge in [-0.2, -0.15) is 42.0 Å². The Morgan fingerprint density at radius 3 is 1.59 bits per heavy atom. The van der Waals surface area contributed by atoms with Crippen molar-refractivity contribution in [1.29, 1.82) is 0 Å². The van der Waals surface area contributed by atoms with E-state index in [-0.39, 0.29) is 35.6 Å². The monoisotopic (exact) mass is 786 g/mol. The second-order valence-corrected chi connectivity index (χ2v) is 15.2. The van der Waals surface area contributed by atoms with Gasteiger partial charge in [-0.3, -0.25) is 0 Å². The summed E-state index contributed by atoms with van der Waals surface area (Å²) in [6, 6.07) is 42.8. The maximum Gasteiger partial charge on any atom is -0.172 e. The second kappa shape index (κ2) is 16.2. The van der Waals surface area contributed by atoms with Gasteiger partial charge in [0.15, 0.2) is 0 Å². The number of halogens is 2. The molecule has 0 bridgehead atoms. The molecule has 5 aromatic rings. The number of rotatable bonds is 2. The van der Waals surface area contributed by atoms with E-state index in [0.29, 0.717) is 0 Å². The molecule has 3 heteroatoms. The molecule has 1 aliphatic carbocycles. The van der Waals surface area contributed by atoms with Gasteiger partial charge in [0.25, 0.3) is 0 Å². The maximum absolute atomic E-state index is 3.67. The second-order valence-electron chi connectivity index (χ2n) is 13.4. The Morgan fingerprint density at radius 2 is 1.16 bits per heavy atom. The van der Waals surface area contributed by atoms with Crippen LogP contribution in [0, 0.1) is 19.9 Å². The Kier molecular flexibility index (Phi) is 13.9. The van der Waals surface area contributed by atoms with E-state index in [1.54, 1.807) is 0 Å². The predicted octanol–water partition coefficient (Wildman–Crippen LogP) is 4.49.